The van der Waals surface area contributed by atoms with Gasteiger partial charge in [-0.2, -0.15) is 0 Å². The Balaban J connectivity index is 1.64. The molecular formula is C21H23N3O2. The van der Waals surface area contributed by atoms with Gasteiger partial charge in [0.05, 0.1) is 0 Å². The number of nitrogens with zero attached hydrogens (tertiary/aromatic N) is 1. The van der Waals surface area contributed by atoms with Crippen LogP contribution in [0.15, 0.2) is 24.3 Å². The van der Waals surface area contributed by atoms with Crippen LogP contribution >= 0.6 is 0 Å². The van der Waals surface area contributed by atoms with Crippen LogP contribution in [-0.2, 0) is 21.4 Å². The third kappa shape index (κ3) is 1.36. The van der Waals surface area contributed by atoms with Gasteiger partial charge in [0, 0.05) is 40.9 Å². The zero-order valence-electron chi connectivity index (χ0n) is 15.2. The van der Waals surface area contributed by atoms with E-state index in [2.05, 4.69) is 36.3 Å². The molecule has 5 aliphatic rings. The van der Waals surface area contributed by atoms with E-state index in [1.165, 1.54) is 16.6 Å². The minimum absolute atomic E-state index is 0.0740. The highest BCUT2D eigenvalue weighted by Gasteiger charge is 2.72. The SMILES string of the molecule is CC1(C)c2[nH]c3ccccc3c2CC23NC(=O)C4(CCCN4C2=O)C[C@@H]31. The lowest BCUT2D eigenvalue weighted by molar-refractivity contribution is -0.179. The fourth-order valence-electron chi connectivity index (χ4n) is 6.58. The Morgan fingerprint density at radius 1 is 1.19 bits per heavy atom. The standard InChI is InChI=1S/C21H23N3O2/c1-19(2)15-11-20-8-5-9-24(20)18(26)21(15,23-17(20)25)10-13-12-6-3-4-7-14(12)22-16(13)19/h3-4,6-7,15,22H,5,8-11H2,1-2H3,(H,23,25)/t15-,20?,21?/m1/s1. The third-order valence-corrected chi connectivity index (χ3v) is 7.80. The number of carbonyl (C=O) groups excluding carboxylic acids is 2. The molecule has 0 radical (unpaired) electrons. The van der Waals surface area contributed by atoms with Gasteiger partial charge >= 0.3 is 0 Å². The zero-order valence-corrected chi connectivity index (χ0v) is 15.2. The maximum atomic E-state index is 13.6. The predicted molar refractivity (Wildman–Crippen MR) is 97.7 cm³/mol. The number of aromatic nitrogens is 1. The maximum absolute atomic E-state index is 13.6. The summed E-state index contributed by atoms with van der Waals surface area (Å²) in [4.78, 5) is 32.2. The smallest absolute Gasteiger partial charge is 0.249 e. The van der Waals surface area contributed by atoms with Gasteiger partial charge in [0.2, 0.25) is 11.8 Å². The van der Waals surface area contributed by atoms with E-state index in [-0.39, 0.29) is 23.1 Å². The van der Waals surface area contributed by atoms with Crippen molar-refractivity contribution in [3.8, 4) is 0 Å². The van der Waals surface area contributed by atoms with Gasteiger partial charge in [0.1, 0.15) is 11.1 Å². The van der Waals surface area contributed by atoms with Crippen LogP contribution in [0.2, 0.25) is 0 Å². The molecule has 2 amide bonds. The number of carbonyl (C=O) groups is 2. The number of amides is 2. The van der Waals surface area contributed by atoms with Gasteiger partial charge in [0.25, 0.3) is 0 Å². The Morgan fingerprint density at radius 3 is 2.85 bits per heavy atom. The molecule has 5 nitrogen and oxygen atoms in total. The van der Waals surface area contributed by atoms with E-state index in [4.69, 9.17) is 0 Å². The molecule has 1 aliphatic carbocycles. The van der Waals surface area contributed by atoms with E-state index in [9.17, 15) is 9.59 Å². The van der Waals surface area contributed by atoms with Crippen molar-refractivity contribution in [2.75, 3.05) is 6.54 Å². The van der Waals surface area contributed by atoms with E-state index in [1.807, 2.05) is 17.0 Å². The van der Waals surface area contributed by atoms with Crippen molar-refractivity contribution >= 4 is 22.7 Å². The Hall–Kier alpha value is -2.30. The summed E-state index contributed by atoms with van der Waals surface area (Å²) in [5.74, 6) is 0.343. The van der Waals surface area contributed by atoms with E-state index >= 15 is 0 Å². The van der Waals surface area contributed by atoms with E-state index in [1.54, 1.807) is 0 Å². The van der Waals surface area contributed by atoms with Crippen LogP contribution < -0.4 is 5.32 Å². The van der Waals surface area contributed by atoms with Crippen molar-refractivity contribution in [1.29, 1.82) is 0 Å². The number of H-pyrrole nitrogens is 1. The number of fused-ring (bicyclic) bond motifs is 4. The Labute approximate surface area is 152 Å². The number of piperazine rings is 1. The molecule has 4 aliphatic heterocycles. The van der Waals surface area contributed by atoms with Crippen molar-refractivity contribution in [2.45, 2.75) is 56.0 Å². The molecule has 4 saturated heterocycles. The molecule has 3 atom stereocenters. The molecule has 2 unspecified atom stereocenters. The summed E-state index contributed by atoms with van der Waals surface area (Å²) in [6.45, 7) is 5.20. The third-order valence-electron chi connectivity index (χ3n) is 7.80. The second-order valence-corrected chi connectivity index (χ2v) is 9.20. The maximum Gasteiger partial charge on any atom is 0.249 e. The van der Waals surface area contributed by atoms with Gasteiger partial charge in [0.15, 0.2) is 0 Å². The lowest BCUT2D eigenvalue weighted by atomic mass is 9.51. The van der Waals surface area contributed by atoms with E-state index in [0.29, 0.717) is 6.42 Å². The van der Waals surface area contributed by atoms with Crippen LogP contribution in [0.1, 0.15) is 44.4 Å². The number of hydrogen-bond acceptors (Lipinski definition) is 2. The summed E-state index contributed by atoms with van der Waals surface area (Å²) in [5.41, 5.74) is 1.97. The number of piperidine rings is 2. The molecule has 7 rings (SSSR count). The number of benzene rings is 1. The highest BCUT2D eigenvalue weighted by atomic mass is 16.2. The normalized spacial score (nSPS) is 36.7. The molecule has 0 saturated carbocycles. The molecule has 1 aromatic carbocycles. The lowest BCUT2D eigenvalue weighted by Gasteiger charge is -2.64. The number of nitrogens with one attached hydrogen (secondary N) is 2. The topological polar surface area (TPSA) is 65.2 Å². The molecular weight excluding hydrogens is 326 g/mol. The average Bonchev–Trinajstić information content (AvgIpc) is 3.20. The summed E-state index contributed by atoms with van der Waals surface area (Å²) in [6.07, 6.45) is 3.10. The van der Waals surface area contributed by atoms with Crippen LogP contribution in [0.25, 0.3) is 10.9 Å². The minimum Gasteiger partial charge on any atom is -0.358 e. The van der Waals surface area contributed by atoms with Crippen molar-refractivity contribution in [2.24, 2.45) is 5.92 Å². The highest BCUT2D eigenvalue weighted by molar-refractivity contribution is 6.06. The summed E-state index contributed by atoms with van der Waals surface area (Å²) in [7, 11) is 0. The second kappa shape index (κ2) is 4.16. The first-order valence-electron chi connectivity index (χ1n) is 9.65. The summed E-state index contributed by atoms with van der Waals surface area (Å²) < 4.78 is 0. The van der Waals surface area contributed by atoms with Crippen LogP contribution in [0.3, 0.4) is 0 Å². The second-order valence-electron chi connectivity index (χ2n) is 9.20. The summed E-state index contributed by atoms with van der Waals surface area (Å²) in [5, 5.41) is 4.43. The molecule has 2 aromatic rings. The average molecular weight is 349 g/mol. The Bertz CT molecular complexity index is 1010. The first-order chi connectivity index (χ1) is 12.4. The van der Waals surface area contributed by atoms with Gasteiger partial charge < -0.3 is 15.2 Å². The molecule has 2 N–H and O–H groups in total. The molecule has 5 heterocycles. The molecule has 2 bridgehead atoms. The number of aromatic amines is 1. The van der Waals surface area contributed by atoms with Gasteiger partial charge in [-0.3, -0.25) is 9.59 Å². The van der Waals surface area contributed by atoms with E-state index < -0.39 is 11.1 Å². The zero-order chi connectivity index (χ0) is 17.9. The molecule has 1 aromatic heterocycles. The highest BCUT2D eigenvalue weighted by Crippen LogP contribution is 2.59. The molecule has 2 spiro atoms. The predicted octanol–water partition coefficient (Wildman–Crippen LogP) is 2.25. The van der Waals surface area contributed by atoms with Crippen molar-refractivity contribution in [1.82, 2.24) is 15.2 Å². The number of rotatable bonds is 0. The minimum atomic E-state index is -0.787. The van der Waals surface area contributed by atoms with Crippen LogP contribution in [0, 0.1) is 5.92 Å². The van der Waals surface area contributed by atoms with Crippen molar-refractivity contribution in [3.05, 3.63) is 35.5 Å². The van der Waals surface area contributed by atoms with Crippen LogP contribution in [0.5, 0.6) is 0 Å². The van der Waals surface area contributed by atoms with Gasteiger partial charge in [-0.15, -0.1) is 0 Å². The van der Waals surface area contributed by atoms with Gasteiger partial charge in [-0.05, 0) is 30.9 Å². The van der Waals surface area contributed by atoms with Crippen LogP contribution in [0.4, 0.5) is 0 Å². The first-order valence-corrected chi connectivity index (χ1v) is 9.65. The summed E-state index contributed by atoms with van der Waals surface area (Å²) in [6, 6.07) is 8.30. The van der Waals surface area contributed by atoms with Gasteiger partial charge in [-0.25, -0.2) is 0 Å². The summed E-state index contributed by atoms with van der Waals surface area (Å²) >= 11 is 0. The Morgan fingerprint density at radius 2 is 2.00 bits per heavy atom. The molecule has 5 heteroatoms. The fourth-order valence-corrected chi connectivity index (χ4v) is 6.58. The fraction of sp³-hybridized carbons (Fsp3) is 0.524. The van der Waals surface area contributed by atoms with E-state index in [0.717, 1.165) is 31.3 Å². The molecule has 26 heavy (non-hydrogen) atoms. The van der Waals surface area contributed by atoms with Crippen molar-refractivity contribution < 1.29 is 9.59 Å². The first kappa shape index (κ1) is 14.8. The molecule has 134 valence electrons. The van der Waals surface area contributed by atoms with Crippen LogP contribution in [-0.4, -0.2) is 39.3 Å². The quantitative estimate of drug-likeness (QED) is 0.766. The number of hydrogen-bond donors (Lipinski definition) is 2. The number of para-hydroxylation sites is 1. The lowest BCUT2D eigenvalue weighted by Crippen LogP contribution is -2.84. The Kier molecular flexibility index (Phi) is 2.37. The van der Waals surface area contributed by atoms with Crippen molar-refractivity contribution in [3.63, 3.8) is 0 Å². The monoisotopic (exact) mass is 349 g/mol. The van der Waals surface area contributed by atoms with Gasteiger partial charge in [-0.1, -0.05) is 32.0 Å². The molecule has 4 fully saturated rings. The largest absolute Gasteiger partial charge is 0.358 e.